The molecular weight excluding hydrogens is 434 g/mol. The van der Waals surface area contributed by atoms with Crippen LogP contribution in [0, 0.1) is 0 Å². The van der Waals surface area contributed by atoms with Gasteiger partial charge in [-0.15, -0.1) is 0 Å². The summed E-state index contributed by atoms with van der Waals surface area (Å²) in [6.45, 7) is 4.17. The van der Waals surface area contributed by atoms with Crippen molar-refractivity contribution < 1.29 is 9.59 Å². The van der Waals surface area contributed by atoms with Gasteiger partial charge in [-0.25, -0.2) is 9.78 Å². The summed E-state index contributed by atoms with van der Waals surface area (Å²) in [7, 11) is 3.62. The van der Waals surface area contributed by atoms with Crippen LogP contribution in [0.5, 0.6) is 0 Å². The molecule has 3 amide bonds. The van der Waals surface area contributed by atoms with Crippen molar-refractivity contribution in [2.45, 2.75) is 26.4 Å². The van der Waals surface area contributed by atoms with Gasteiger partial charge >= 0.3 is 6.03 Å². The predicted octanol–water partition coefficient (Wildman–Crippen LogP) is 4.14. The Kier molecular flexibility index (Phi) is 6.22. The molecule has 0 saturated heterocycles. The molecule has 0 aliphatic carbocycles. The van der Waals surface area contributed by atoms with Crippen LogP contribution >= 0.6 is 15.9 Å². The van der Waals surface area contributed by atoms with E-state index in [1.165, 1.54) is 0 Å². The molecule has 0 bridgehead atoms. The largest absolute Gasteiger partial charge is 0.350 e. The van der Waals surface area contributed by atoms with E-state index in [2.05, 4.69) is 31.5 Å². The van der Waals surface area contributed by atoms with E-state index >= 15 is 0 Å². The van der Waals surface area contributed by atoms with Crippen LogP contribution in [-0.2, 0) is 13.6 Å². The Morgan fingerprint density at radius 3 is 2.66 bits per heavy atom. The molecule has 0 aliphatic heterocycles. The molecule has 0 spiro atoms. The molecule has 1 heterocycles. The summed E-state index contributed by atoms with van der Waals surface area (Å²) >= 11 is 3.39. The average Bonchev–Trinajstić information content (AvgIpc) is 2.96. The zero-order valence-electron chi connectivity index (χ0n) is 16.9. The van der Waals surface area contributed by atoms with E-state index in [0.29, 0.717) is 17.8 Å². The van der Waals surface area contributed by atoms with Crippen molar-refractivity contribution >= 4 is 44.6 Å². The smallest absolute Gasteiger partial charge is 0.321 e. The second-order valence-corrected chi connectivity index (χ2v) is 8.13. The zero-order valence-corrected chi connectivity index (χ0v) is 18.4. The maximum Gasteiger partial charge on any atom is 0.321 e. The standard InChI is InChI=1S/C21H24BrN5O2/c1-13(2)23-20(28)14-8-9-18-17(10-14)25-19(27(18)4)12-26(3)21(29)24-16-7-5-6-15(22)11-16/h5-11,13H,12H2,1-4H3,(H,23,28)(H,24,29). The molecule has 7 nitrogen and oxygen atoms in total. The lowest BCUT2D eigenvalue weighted by Crippen LogP contribution is -2.31. The molecule has 152 valence electrons. The molecule has 0 saturated carbocycles. The van der Waals surface area contributed by atoms with Gasteiger partial charge in [-0.05, 0) is 50.2 Å². The Bertz CT molecular complexity index is 1060. The van der Waals surface area contributed by atoms with E-state index in [-0.39, 0.29) is 18.0 Å². The number of hydrogen-bond acceptors (Lipinski definition) is 3. The molecule has 0 aliphatic rings. The summed E-state index contributed by atoms with van der Waals surface area (Å²) in [6, 6.07) is 12.7. The number of nitrogens with zero attached hydrogens (tertiary/aromatic N) is 3. The molecule has 29 heavy (non-hydrogen) atoms. The Morgan fingerprint density at radius 1 is 1.21 bits per heavy atom. The van der Waals surface area contributed by atoms with Crippen LogP contribution in [0.2, 0.25) is 0 Å². The third-order valence-electron chi connectivity index (χ3n) is 4.46. The highest BCUT2D eigenvalue weighted by atomic mass is 79.9. The Hall–Kier alpha value is -2.87. The van der Waals surface area contributed by atoms with Gasteiger partial charge in [0, 0.05) is 35.9 Å². The maximum atomic E-state index is 12.5. The van der Waals surface area contributed by atoms with Gasteiger partial charge in [0.25, 0.3) is 5.91 Å². The Balaban J connectivity index is 1.76. The molecule has 0 radical (unpaired) electrons. The van der Waals surface area contributed by atoms with Gasteiger partial charge in [-0.3, -0.25) is 4.79 Å². The van der Waals surface area contributed by atoms with Crippen molar-refractivity contribution in [3.05, 3.63) is 58.3 Å². The number of carbonyl (C=O) groups is 2. The second kappa shape index (κ2) is 8.65. The van der Waals surface area contributed by atoms with E-state index in [4.69, 9.17) is 0 Å². The third-order valence-corrected chi connectivity index (χ3v) is 4.95. The number of imidazole rings is 1. The molecular formula is C21H24BrN5O2. The normalized spacial score (nSPS) is 11.0. The summed E-state index contributed by atoms with van der Waals surface area (Å²) in [5.41, 5.74) is 2.90. The van der Waals surface area contributed by atoms with Crippen LogP contribution in [0.15, 0.2) is 46.9 Å². The van der Waals surface area contributed by atoms with Gasteiger partial charge in [0.2, 0.25) is 0 Å². The number of aromatic nitrogens is 2. The molecule has 2 aromatic carbocycles. The van der Waals surface area contributed by atoms with E-state index < -0.39 is 0 Å². The third kappa shape index (κ3) is 4.95. The van der Waals surface area contributed by atoms with Gasteiger partial charge in [0.05, 0.1) is 17.6 Å². The van der Waals surface area contributed by atoms with E-state index in [9.17, 15) is 9.59 Å². The summed E-state index contributed by atoms with van der Waals surface area (Å²) in [5.74, 6) is 0.605. The molecule has 3 aromatic rings. The van der Waals surface area contributed by atoms with Crippen LogP contribution in [-0.4, -0.2) is 39.5 Å². The van der Waals surface area contributed by atoms with Crippen molar-refractivity contribution in [1.29, 1.82) is 0 Å². The number of fused-ring (bicyclic) bond motifs is 1. The number of benzene rings is 2. The number of aryl methyl sites for hydroxylation is 1. The summed E-state index contributed by atoms with van der Waals surface area (Å²) in [4.78, 5) is 31.0. The molecule has 3 rings (SSSR count). The first-order chi connectivity index (χ1) is 13.7. The highest BCUT2D eigenvalue weighted by Crippen LogP contribution is 2.19. The highest BCUT2D eigenvalue weighted by molar-refractivity contribution is 9.10. The Morgan fingerprint density at radius 2 is 1.97 bits per heavy atom. The number of hydrogen-bond donors (Lipinski definition) is 2. The quantitative estimate of drug-likeness (QED) is 0.603. The zero-order chi connectivity index (χ0) is 21.1. The second-order valence-electron chi connectivity index (χ2n) is 7.22. The number of urea groups is 1. The van der Waals surface area contributed by atoms with Crippen molar-refractivity contribution in [1.82, 2.24) is 19.8 Å². The maximum absolute atomic E-state index is 12.5. The lowest BCUT2D eigenvalue weighted by molar-refractivity contribution is 0.0943. The molecule has 2 N–H and O–H groups in total. The minimum absolute atomic E-state index is 0.0647. The number of carbonyl (C=O) groups excluding carboxylic acids is 2. The van der Waals surface area contributed by atoms with Gasteiger partial charge in [-0.1, -0.05) is 22.0 Å². The van der Waals surface area contributed by atoms with E-state index in [1.807, 2.05) is 55.8 Å². The van der Waals surface area contributed by atoms with Crippen LogP contribution < -0.4 is 10.6 Å². The van der Waals surface area contributed by atoms with E-state index in [1.54, 1.807) is 24.1 Å². The first-order valence-electron chi connectivity index (χ1n) is 9.28. The van der Waals surface area contributed by atoms with E-state index in [0.717, 1.165) is 21.3 Å². The fourth-order valence-corrected chi connectivity index (χ4v) is 3.35. The SMILES string of the molecule is CC(C)NC(=O)c1ccc2c(c1)nc(CN(C)C(=O)Nc1cccc(Br)c1)n2C. The van der Waals surface area contributed by atoms with Crippen LogP contribution in [0.3, 0.4) is 0 Å². The summed E-state index contributed by atoms with van der Waals surface area (Å²) in [6.07, 6.45) is 0. The van der Waals surface area contributed by atoms with Gasteiger partial charge in [0.15, 0.2) is 0 Å². The van der Waals surface area contributed by atoms with Crippen molar-refractivity contribution in [2.24, 2.45) is 7.05 Å². The van der Waals surface area contributed by atoms with Gasteiger partial charge in [0.1, 0.15) is 5.82 Å². The number of anilines is 1. The topological polar surface area (TPSA) is 79.3 Å². The average molecular weight is 458 g/mol. The lowest BCUT2D eigenvalue weighted by Gasteiger charge is -2.17. The van der Waals surface area contributed by atoms with Crippen LogP contribution in [0.1, 0.15) is 30.0 Å². The number of halogens is 1. The van der Waals surface area contributed by atoms with Crippen molar-refractivity contribution in [3.63, 3.8) is 0 Å². The fourth-order valence-electron chi connectivity index (χ4n) is 2.95. The summed E-state index contributed by atoms with van der Waals surface area (Å²) in [5, 5.41) is 5.75. The molecule has 1 aromatic heterocycles. The molecule has 0 atom stereocenters. The number of nitrogens with one attached hydrogen (secondary N) is 2. The molecule has 0 unspecified atom stereocenters. The number of rotatable bonds is 5. The minimum Gasteiger partial charge on any atom is -0.350 e. The predicted molar refractivity (Wildman–Crippen MR) is 118 cm³/mol. The first kappa shape index (κ1) is 20.9. The fraction of sp³-hybridized carbons (Fsp3) is 0.286. The van der Waals surface area contributed by atoms with Crippen molar-refractivity contribution in [2.75, 3.05) is 12.4 Å². The Labute approximate surface area is 178 Å². The van der Waals surface area contributed by atoms with Gasteiger partial charge in [-0.2, -0.15) is 0 Å². The molecule has 0 fully saturated rings. The minimum atomic E-state index is -0.229. The lowest BCUT2D eigenvalue weighted by atomic mass is 10.2. The monoisotopic (exact) mass is 457 g/mol. The van der Waals surface area contributed by atoms with Crippen LogP contribution in [0.4, 0.5) is 10.5 Å². The number of amides is 3. The van der Waals surface area contributed by atoms with Crippen molar-refractivity contribution in [3.8, 4) is 0 Å². The summed E-state index contributed by atoms with van der Waals surface area (Å²) < 4.78 is 2.83. The van der Waals surface area contributed by atoms with Gasteiger partial charge < -0.3 is 20.1 Å². The highest BCUT2D eigenvalue weighted by Gasteiger charge is 2.16. The molecule has 8 heteroatoms. The first-order valence-corrected chi connectivity index (χ1v) is 10.1. The van der Waals surface area contributed by atoms with Crippen LogP contribution in [0.25, 0.3) is 11.0 Å².